The van der Waals surface area contributed by atoms with Gasteiger partial charge in [0, 0.05) is 34.2 Å². The highest BCUT2D eigenvalue weighted by molar-refractivity contribution is 5.49. The lowest BCUT2D eigenvalue weighted by molar-refractivity contribution is 0.922. The van der Waals surface area contributed by atoms with Crippen molar-refractivity contribution in [3.8, 4) is 35.5 Å². The third-order valence-corrected chi connectivity index (χ3v) is 4.57. The molecule has 0 saturated carbocycles. The van der Waals surface area contributed by atoms with E-state index in [0.717, 1.165) is 47.1 Å². The Morgan fingerprint density at radius 3 is 1.20 bits per heavy atom. The van der Waals surface area contributed by atoms with Crippen molar-refractivity contribution in [3.63, 3.8) is 0 Å². The van der Waals surface area contributed by atoms with Crippen LogP contribution in [0.15, 0.2) is 72.8 Å². The summed E-state index contributed by atoms with van der Waals surface area (Å²) >= 11 is 0. The Morgan fingerprint density at radius 1 is 0.467 bits per heavy atom. The number of hydrogen-bond donors (Lipinski definition) is 0. The second-order valence-electron chi connectivity index (χ2n) is 7.15. The summed E-state index contributed by atoms with van der Waals surface area (Å²) in [5, 5.41) is 0. The molecule has 30 heavy (non-hydrogen) atoms. The Labute approximate surface area is 181 Å². The van der Waals surface area contributed by atoms with Gasteiger partial charge in [0.05, 0.1) is 0 Å². The van der Waals surface area contributed by atoms with Crippen LogP contribution in [0.25, 0.3) is 0 Å². The van der Waals surface area contributed by atoms with Crippen molar-refractivity contribution in [2.24, 2.45) is 0 Å². The summed E-state index contributed by atoms with van der Waals surface area (Å²) < 4.78 is 0. The number of hydrogen-bond acceptors (Lipinski definition) is 0. The number of benzene rings is 3. The average molecular weight is 387 g/mol. The Kier molecular flexibility index (Phi) is 7.98. The van der Waals surface area contributed by atoms with Crippen molar-refractivity contribution < 1.29 is 0 Å². The molecule has 0 unspecified atom stereocenters. The normalized spacial score (nSPS) is 9.40. The zero-order chi connectivity index (χ0) is 21.0. The fourth-order valence-electron chi connectivity index (χ4n) is 2.90. The van der Waals surface area contributed by atoms with Gasteiger partial charge in [-0.3, -0.25) is 0 Å². The summed E-state index contributed by atoms with van der Waals surface area (Å²) in [4.78, 5) is 0. The fraction of sp³-hybridized carbons (Fsp3) is 0.200. The first kappa shape index (κ1) is 21.1. The number of unbranched alkanes of at least 4 members (excludes halogenated alkanes) is 1. The van der Waals surface area contributed by atoms with E-state index in [1.807, 2.05) is 48.5 Å². The molecule has 0 aliphatic rings. The van der Waals surface area contributed by atoms with Gasteiger partial charge >= 0.3 is 0 Å². The van der Waals surface area contributed by atoms with Gasteiger partial charge in [0.2, 0.25) is 0 Å². The van der Waals surface area contributed by atoms with E-state index in [9.17, 15) is 0 Å². The minimum absolute atomic E-state index is 0.938. The molecule has 0 aliphatic carbocycles. The maximum Gasteiger partial charge on any atom is 0.0249 e. The summed E-state index contributed by atoms with van der Waals surface area (Å²) in [6.45, 7) is 4.33. The molecule has 3 rings (SSSR count). The molecular formula is C30H26. The lowest BCUT2D eigenvalue weighted by Crippen LogP contribution is -1.83. The third-order valence-electron chi connectivity index (χ3n) is 4.57. The molecule has 0 amide bonds. The second-order valence-corrected chi connectivity index (χ2v) is 7.15. The molecule has 0 N–H and O–H groups in total. The Balaban J connectivity index is 1.62. The fourth-order valence-corrected chi connectivity index (χ4v) is 2.90. The van der Waals surface area contributed by atoms with Crippen molar-refractivity contribution in [1.82, 2.24) is 0 Å². The molecule has 146 valence electrons. The quantitative estimate of drug-likeness (QED) is 0.445. The predicted molar refractivity (Wildman–Crippen MR) is 127 cm³/mol. The number of rotatable bonds is 3. The van der Waals surface area contributed by atoms with Gasteiger partial charge < -0.3 is 0 Å². The highest BCUT2D eigenvalue weighted by Gasteiger charge is 1.93. The maximum atomic E-state index is 3.23. The van der Waals surface area contributed by atoms with Gasteiger partial charge in [-0.1, -0.05) is 67.9 Å². The molecule has 0 radical (unpaired) electrons. The Hall–Kier alpha value is -3.66. The Bertz CT molecular complexity index is 1130. The highest BCUT2D eigenvalue weighted by Crippen LogP contribution is 2.07. The molecular weight excluding hydrogens is 360 g/mol. The van der Waals surface area contributed by atoms with Crippen molar-refractivity contribution >= 4 is 0 Å². The van der Waals surface area contributed by atoms with Gasteiger partial charge in [-0.25, -0.2) is 0 Å². The van der Waals surface area contributed by atoms with Crippen LogP contribution in [0.4, 0.5) is 0 Å². The molecule has 0 atom stereocenters. The highest BCUT2D eigenvalue weighted by atomic mass is 14.0. The molecule has 0 heterocycles. The molecule has 0 heteroatoms. The lowest BCUT2D eigenvalue weighted by atomic mass is 10.1. The lowest BCUT2D eigenvalue weighted by Gasteiger charge is -1.97. The van der Waals surface area contributed by atoms with Crippen LogP contribution < -0.4 is 0 Å². The summed E-state index contributed by atoms with van der Waals surface area (Å²) in [6, 6.07) is 24.7. The average Bonchev–Trinajstić information content (AvgIpc) is 2.79. The van der Waals surface area contributed by atoms with E-state index < -0.39 is 0 Å². The van der Waals surface area contributed by atoms with Crippen LogP contribution in [0.5, 0.6) is 0 Å². The van der Waals surface area contributed by atoms with Crippen LogP contribution in [0.2, 0.25) is 0 Å². The van der Waals surface area contributed by atoms with Crippen molar-refractivity contribution in [2.45, 2.75) is 39.5 Å². The first-order chi connectivity index (χ1) is 14.8. The molecule has 0 spiro atoms. The van der Waals surface area contributed by atoms with E-state index >= 15 is 0 Å². The van der Waals surface area contributed by atoms with Crippen molar-refractivity contribution in [2.75, 3.05) is 0 Å². The summed E-state index contributed by atoms with van der Waals surface area (Å²) in [7, 11) is 0. The predicted octanol–water partition coefficient (Wildman–Crippen LogP) is 6.59. The van der Waals surface area contributed by atoms with Crippen LogP contribution in [-0.4, -0.2) is 0 Å². The van der Waals surface area contributed by atoms with Crippen LogP contribution in [0, 0.1) is 35.5 Å². The van der Waals surface area contributed by atoms with Crippen LogP contribution in [0.3, 0.4) is 0 Å². The van der Waals surface area contributed by atoms with Crippen LogP contribution in [0.1, 0.15) is 66.5 Å². The largest absolute Gasteiger partial charge is 0.0979 e. The van der Waals surface area contributed by atoms with Gasteiger partial charge in [0.1, 0.15) is 0 Å². The van der Waals surface area contributed by atoms with Gasteiger partial charge in [0.25, 0.3) is 0 Å². The zero-order valence-corrected chi connectivity index (χ0v) is 17.8. The molecule has 0 saturated heterocycles. The van der Waals surface area contributed by atoms with Crippen LogP contribution in [-0.2, 0) is 6.42 Å². The van der Waals surface area contributed by atoms with E-state index in [-0.39, 0.29) is 0 Å². The molecule has 3 aromatic rings. The summed E-state index contributed by atoms with van der Waals surface area (Å²) in [5.74, 6) is 19.2. The zero-order valence-electron chi connectivity index (χ0n) is 17.8. The molecule has 0 nitrogen and oxygen atoms in total. The van der Waals surface area contributed by atoms with Gasteiger partial charge in [-0.15, -0.1) is 0 Å². The molecule has 0 aromatic heterocycles. The first-order valence-electron chi connectivity index (χ1n) is 10.6. The van der Waals surface area contributed by atoms with E-state index in [0.29, 0.717) is 0 Å². The van der Waals surface area contributed by atoms with Crippen molar-refractivity contribution in [1.29, 1.82) is 0 Å². The maximum absolute atomic E-state index is 3.23. The van der Waals surface area contributed by atoms with E-state index in [4.69, 9.17) is 0 Å². The van der Waals surface area contributed by atoms with E-state index in [2.05, 4.69) is 73.6 Å². The monoisotopic (exact) mass is 386 g/mol. The van der Waals surface area contributed by atoms with Gasteiger partial charge in [-0.2, -0.15) is 0 Å². The molecule has 0 bridgehead atoms. The van der Waals surface area contributed by atoms with Crippen LogP contribution >= 0.6 is 0 Å². The van der Waals surface area contributed by atoms with E-state index in [1.165, 1.54) is 12.0 Å². The first-order valence-corrected chi connectivity index (χ1v) is 10.6. The summed E-state index contributed by atoms with van der Waals surface area (Å²) in [6.07, 6.45) is 4.31. The van der Waals surface area contributed by atoms with Crippen molar-refractivity contribution in [3.05, 3.63) is 106 Å². The SMILES string of the molecule is CCCC#Cc1ccc(C#Cc2ccc(C#Cc3ccc(CCC)cc3)cc2)cc1. The van der Waals surface area contributed by atoms with Gasteiger partial charge in [-0.05, 0) is 79.1 Å². The topological polar surface area (TPSA) is 0 Å². The standard InChI is InChI=1S/C30H26/c1-3-5-6-8-26-11-15-28(16-12-26)18-20-30-23-21-29(22-24-30)19-17-27-13-9-25(7-4-2)10-14-27/h9-16,21-24H,3-5,7H2,1-2H3. The minimum Gasteiger partial charge on any atom is -0.0979 e. The van der Waals surface area contributed by atoms with Gasteiger partial charge in [0.15, 0.2) is 0 Å². The molecule has 0 aliphatic heterocycles. The molecule has 0 fully saturated rings. The molecule has 3 aromatic carbocycles. The smallest absolute Gasteiger partial charge is 0.0249 e. The number of aryl methyl sites for hydroxylation is 1. The minimum atomic E-state index is 0.938. The van der Waals surface area contributed by atoms with E-state index in [1.54, 1.807) is 0 Å². The summed E-state index contributed by atoms with van der Waals surface area (Å²) in [5.41, 5.74) is 6.42. The Morgan fingerprint density at radius 2 is 0.833 bits per heavy atom. The third kappa shape index (κ3) is 6.74. The second kappa shape index (κ2) is 11.4.